The second-order valence-corrected chi connectivity index (χ2v) is 7.90. The van der Waals surface area contributed by atoms with Crippen LogP contribution in [-0.2, 0) is 31.4 Å². The van der Waals surface area contributed by atoms with Gasteiger partial charge in [0.05, 0.1) is 30.7 Å². The average molecular weight is 436 g/mol. The van der Waals surface area contributed by atoms with Crippen LogP contribution in [0.15, 0.2) is 42.5 Å². The maximum Gasteiger partial charge on any atom is 0.317 e. The van der Waals surface area contributed by atoms with Crippen LogP contribution >= 0.6 is 0 Å². The summed E-state index contributed by atoms with van der Waals surface area (Å²) < 4.78 is 7.80. The number of fused-ring (bicyclic) bond motifs is 2. The molecule has 1 aliphatic rings. The van der Waals surface area contributed by atoms with Gasteiger partial charge in [-0.3, -0.25) is 4.79 Å². The largest absolute Gasteiger partial charge is 0.491 e. The first-order valence-corrected chi connectivity index (χ1v) is 11.0. The van der Waals surface area contributed by atoms with Crippen molar-refractivity contribution >= 4 is 23.0 Å². The first-order valence-electron chi connectivity index (χ1n) is 11.0. The van der Waals surface area contributed by atoms with Gasteiger partial charge < -0.3 is 24.8 Å². The van der Waals surface area contributed by atoms with Crippen molar-refractivity contribution in [1.29, 1.82) is 0 Å². The van der Waals surface area contributed by atoms with E-state index in [1.807, 2.05) is 61.0 Å². The van der Waals surface area contributed by atoms with Crippen LogP contribution in [0.1, 0.15) is 30.3 Å². The fourth-order valence-corrected chi connectivity index (χ4v) is 3.92. The van der Waals surface area contributed by atoms with Gasteiger partial charge in [-0.05, 0) is 37.1 Å². The summed E-state index contributed by atoms with van der Waals surface area (Å²) in [5.74, 6) is 1.60. The van der Waals surface area contributed by atoms with Gasteiger partial charge in [-0.25, -0.2) is 9.78 Å². The zero-order valence-corrected chi connectivity index (χ0v) is 18.6. The van der Waals surface area contributed by atoms with Gasteiger partial charge in [-0.1, -0.05) is 24.3 Å². The van der Waals surface area contributed by atoms with Gasteiger partial charge in [-0.2, -0.15) is 0 Å². The molecule has 0 fully saturated rings. The summed E-state index contributed by atoms with van der Waals surface area (Å²) >= 11 is 0. The Hall–Kier alpha value is -3.55. The van der Waals surface area contributed by atoms with Crippen molar-refractivity contribution in [2.75, 3.05) is 19.7 Å². The summed E-state index contributed by atoms with van der Waals surface area (Å²) in [6, 6.07) is 13.8. The second-order valence-electron chi connectivity index (χ2n) is 7.90. The molecule has 8 nitrogen and oxygen atoms in total. The van der Waals surface area contributed by atoms with E-state index in [1.165, 1.54) is 0 Å². The zero-order valence-electron chi connectivity index (χ0n) is 18.6. The molecular formula is C24H29N5O3. The van der Waals surface area contributed by atoms with Crippen molar-refractivity contribution in [3.8, 4) is 5.75 Å². The molecular weight excluding hydrogens is 406 g/mol. The highest BCUT2D eigenvalue weighted by molar-refractivity contribution is 5.77. The lowest BCUT2D eigenvalue weighted by Gasteiger charge is -2.20. The van der Waals surface area contributed by atoms with Gasteiger partial charge in [0.25, 0.3) is 0 Å². The standard InChI is InChI=1S/C24H29N5O3/c1-3-25-24(31)29-12-13-32-21-10-8-17(14-18(21)16-29)9-11-23(30)26-15-22-27-19-6-4-5-7-20(19)28(22)2/h4-8,10,14H,3,9,11-13,15-16H2,1-2H3,(H,25,31)(H,26,30). The lowest BCUT2D eigenvalue weighted by molar-refractivity contribution is -0.121. The molecule has 2 heterocycles. The topological polar surface area (TPSA) is 88.5 Å². The van der Waals surface area contributed by atoms with Crippen LogP contribution in [0.2, 0.25) is 0 Å². The Morgan fingerprint density at radius 1 is 1.16 bits per heavy atom. The van der Waals surface area contributed by atoms with E-state index in [2.05, 4.69) is 15.6 Å². The zero-order chi connectivity index (χ0) is 22.5. The molecule has 32 heavy (non-hydrogen) atoms. The van der Waals surface area contributed by atoms with E-state index >= 15 is 0 Å². The minimum Gasteiger partial charge on any atom is -0.491 e. The first kappa shape index (κ1) is 21.7. The van der Waals surface area contributed by atoms with E-state index in [1.54, 1.807) is 4.90 Å². The van der Waals surface area contributed by atoms with Gasteiger partial charge in [0.2, 0.25) is 5.91 Å². The molecule has 0 unspecified atom stereocenters. The molecule has 3 aromatic rings. The molecule has 2 N–H and O–H groups in total. The Labute approximate surface area is 187 Å². The molecule has 0 radical (unpaired) electrons. The van der Waals surface area contributed by atoms with Crippen LogP contribution in [0, 0.1) is 0 Å². The SMILES string of the molecule is CCNC(=O)N1CCOc2ccc(CCC(=O)NCc3nc4ccccc4n3C)cc2C1. The van der Waals surface area contributed by atoms with Crippen LogP contribution in [0.3, 0.4) is 0 Å². The van der Waals surface area contributed by atoms with Gasteiger partial charge in [0, 0.05) is 25.6 Å². The highest BCUT2D eigenvalue weighted by atomic mass is 16.5. The fraction of sp³-hybridized carbons (Fsp3) is 0.375. The number of ether oxygens (including phenoxy) is 1. The van der Waals surface area contributed by atoms with Crippen molar-refractivity contribution in [3.63, 3.8) is 0 Å². The van der Waals surface area contributed by atoms with E-state index in [9.17, 15) is 9.59 Å². The van der Waals surface area contributed by atoms with Crippen LogP contribution < -0.4 is 15.4 Å². The summed E-state index contributed by atoms with van der Waals surface area (Å²) in [5.41, 5.74) is 3.98. The van der Waals surface area contributed by atoms with Crippen molar-refractivity contribution in [1.82, 2.24) is 25.1 Å². The van der Waals surface area contributed by atoms with Gasteiger partial charge in [-0.15, -0.1) is 0 Å². The third-order valence-corrected chi connectivity index (χ3v) is 5.68. The summed E-state index contributed by atoms with van der Waals surface area (Å²) in [6.07, 6.45) is 0.992. The Morgan fingerprint density at radius 2 is 2.00 bits per heavy atom. The monoisotopic (exact) mass is 435 g/mol. The molecule has 0 saturated carbocycles. The molecule has 0 spiro atoms. The van der Waals surface area contributed by atoms with Crippen molar-refractivity contribution in [3.05, 3.63) is 59.4 Å². The lowest BCUT2D eigenvalue weighted by Crippen LogP contribution is -2.40. The van der Waals surface area contributed by atoms with Crippen LogP contribution in [-0.4, -0.2) is 46.1 Å². The molecule has 8 heteroatoms. The number of hydrogen-bond donors (Lipinski definition) is 2. The predicted octanol–water partition coefficient (Wildman–Crippen LogP) is 2.75. The number of nitrogens with zero attached hydrogens (tertiary/aromatic N) is 3. The number of aromatic nitrogens is 2. The number of benzene rings is 2. The van der Waals surface area contributed by atoms with Gasteiger partial charge in [0.1, 0.15) is 18.2 Å². The van der Waals surface area contributed by atoms with E-state index in [0.29, 0.717) is 45.6 Å². The minimum atomic E-state index is -0.0873. The number of carbonyl (C=O) groups is 2. The smallest absolute Gasteiger partial charge is 0.317 e. The van der Waals surface area contributed by atoms with Crippen molar-refractivity contribution in [2.24, 2.45) is 7.05 Å². The maximum absolute atomic E-state index is 12.4. The quantitative estimate of drug-likeness (QED) is 0.623. The molecule has 1 aromatic heterocycles. The van der Waals surface area contributed by atoms with Crippen LogP contribution in [0.25, 0.3) is 11.0 Å². The fourth-order valence-electron chi connectivity index (χ4n) is 3.92. The molecule has 2 aromatic carbocycles. The van der Waals surface area contributed by atoms with Crippen molar-refractivity contribution in [2.45, 2.75) is 32.9 Å². The number of aryl methyl sites for hydroxylation is 2. The number of carbonyl (C=O) groups excluding carboxylic acids is 2. The van der Waals surface area contributed by atoms with Crippen LogP contribution in [0.4, 0.5) is 4.79 Å². The second kappa shape index (κ2) is 9.72. The van der Waals surface area contributed by atoms with E-state index in [-0.39, 0.29) is 11.9 Å². The highest BCUT2D eigenvalue weighted by Crippen LogP contribution is 2.25. The number of nitrogens with one attached hydrogen (secondary N) is 2. The summed E-state index contributed by atoms with van der Waals surface area (Å²) in [6.45, 7) is 4.39. The maximum atomic E-state index is 12.4. The van der Waals surface area contributed by atoms with E-state index in [0.717, 1.165) is 33.7 Å². The predicted molar refractivity (Wildman–Crippen MR) is 122 cm³/mol. The van der Waals surface area contributed by atoms with Gasteiger partial charge in [0.15, 0.2) is 0 Å². The number of urea groups is 1. The Balaban J connectivity index is 1.34. The first-order chi connectivity index (χ1) is 15.5. The lowest BCUT2D eigenvalue weighted by atomic mass is 10.0. The molecule has 3 amide bonds. The summed E-state index contributed by atoms with van der Waals surface area (Å²) in [5, 5.41) is 5.81. The Kier molecular flexibility index (Phi) is 6.58. The highest BCUT2D eigenvalue weighted by Gasteiger charge is 2.19. The summed E-state index contributed by atoms with van der Waals surface area (Å²) in [7, 11) is 1.96. The molecule has 0 saturated heterocycles. The molecule has 1 aliphatic heterocycles. The average Bonchev–Trinajstić information content (AvgIpc) is 2.97. The Morgan fingerprint density at radius 3 is 2.81 bits per heavy atom. The normalized spacial score (nSPS) is 13.2. The third kappa shape index (κ3) is 4.85. The number of rotatable bonds is 6. The molecule has 0 aliphatic carbocycles. The number of para-hydroxylation sites is 2. The van der Waals surface area contributed by atoms with E-state index < -0.39 is 0 Å². The number of amides is 3. The number of imidazole rings is 1. The Bertz CT molecular complexity index is 1120. The van der Waals surface area contributed by atoms with Crippen LogP contribution in [0.5, 0.6) is 5.75 Å². The summed E-state index contributed by atoms with van der Waals surface area (Å²) in [4.78, 5) is 31.0. The van der Waals surface area contributed by atoms with Gasteiger partial charge >= 0.3 is 6.03 Å². The minimum absolute atomic E-state index is 0.0211. The molecule has 0 atom stereocenters. The molecule has 4 rings (SSSR count). The van der Waals surface area contributed by atoms with Crippen molar-refractivity contribution < 1.29 is 14.3 Å². The third-order valence-electron chi connectivity index (χ3n) is 5.68. The number of hydrogen-bond acceptors (Lipinski definition) is 4. The molecule has 0 bridgehead atoms. The van der Waals surface area contributed by atoms with E-state index in [4.69, 9.17) is 4.74 Å². The molecule has 168 valence electrons.